The van der Waals surface area contributed by atoms with Gasteiger partial charge in [0.25, 0.3) is 11.5 Å². The molecule has 2 N–H and O–H groups in total. The van der Waals surface area contributed by atoms with Crippen LogP contribution in [0.25, 0.3) is 5.95 Å². The van der Waals surface area contributed by atoms with E-state index in [2.05, 4.69) is 20.4 Å². The molecule has 0 fully saturated rings. The highest BCUT2D eigenvalue weighted by Crippen LogP contribution is 2.16. The Morgan fingerprint density at radius 2 is 2.08 bits per heavy atom. The lowest BCUT2D eigenvalue weighted by molar-refractivity contribution is 0.102. The van der Waals surface area contributed by atoms with E-state index in [4.69, 9.17) is 0 Å². The van der Waals surface area contributed by atoms with E-state index < -0.39 is 17.3 Å². The number of aromatic nitrogens is 4. The lowest BCUT2D eigenvalue weighted by atomic mass is 10.2. The Balaban J connectivity index is 2.00. The summed E-state index contributed by atoms with van der Waals surface area (Å²) in [6.45, 7) is 3.63. The van der Waals surface area contributed by atoms with Crippen LogP contribution in [0, 0.1) is 12.7 Å². The summed E-state index contributed by atoms with van der Waals surface area (Å²) >= 11 is 0. The number of hydrogen-bond donors (Lipinski definition) is 2. The lowest BCUT2D eigenvalue weighted by Gasteiger charge is -2.09. The van der Waals surface area contributed by atoms with Gasteiger partial charge in [-0.3, -0.25) is 9.59 Å². The molecule has 0 unspecified atom stereocenters. The van der Waals surface area contributed by atoms with Crippen molar-refractivity contribution >= 4 is 11.7 Å². The normalized spacial score (nSPS) is 10.7. The molecule has 0 bridgehead atoms. The number of nitrogens with zero attached hydrogens (tertiary/aromatic N) is 3. The van der Waals surface area contributed by atoms with Gasteiger partial charge in [0.1, 0.15) is 11.6 Å². The molecule has 0 aliphatic carbocycles. The van der Waals surface area contributed by atoms with Gasteiger partial charge >= 0.3 is 0 Å². The Bertz CT molecular complexity index is 993. The van der Waals surface area contributed by atoms with Crippen molar-refractivity contribution in [2.75, 3.05) is 5.32 Å². The number of amides is 1. The molecule has 25 heavy (non-hydrogen) atoms. The molecule has 1 amide bonds. The fourth-order valence-electron chi connectivity index (χ4n) is 2.36. The average molecular weight is 341 g/mol. The van der Waals surface area contributed by atoms with Gasteiger partial charge in [-0.15, -0.1) is 0 Å². The molecule has 3 rings (SSSR count). The molecule has 128 valence electrons. The third kappa shape index (κ3) is 3.47. The van der Waals surface area contributed by atoms with E-state index in [1.165, 1.54) is 28.9 Å². The van der Waals surface area contributed by atoms with E-state index in [0.717, 1.165) is 0 Å². The van der Waals surface area contributed by atoms with E-state index in [1.54, 1.807) is 19.1 Å². The Morgan fingerprint density at radius 1 is 1.32 bits per heavy atom. The molecule has 8 heteroatoms. The van der Waals surface area contributed by atoms with Crippen LogP contribution < -0.4 is 10.9 Å². The van der Waals surface area contributed by atoms with Gasteiger partial charge in [-0.05, 0) is 25.5 Å². The maximum Gasteiger partial charge on any atom is 0.274 e. The van der Waals surface area contributed by atoms with Crippen LogP contribution >= 0.6 is 0 Å². The topological polar surface area (TPSA) is 92.7 Å². The van der Waals surface area contributed by atoms with E-state index in [0.29, 0.717) is 17.8 Å². The molecule has 0 saturated heterocycles. The maximum absolute atomic E-state index is 13.8. The summed E-state index contributed by atoms with van der Waals surface area (Å²) in [6.07, 6.45) is 0.613. The smallest absolute Gasteiger partial charge is 0.274 e. The minimum Gasteiger partial charge on any atom is -0.328 e. The first kappa shape index (κ1) is 16.6. The van der Waals surface area contributed by atoms with Crippen molar-refractivity contribution in [1.29, 1.82) is 0 Å². The first-order chi connectivity index (χ1) is 12.0. The predicted molar refractivity (Wildman–Crippen MR) is 90.4 cm³/mol. The van der Waals surface area contributed by atoms with Gasteiger partial charge in [0.05, 0.1) is 11.3 Å². The molecule has 0 spiro atoms. The highest BCUT2D eigenvalue weighted by Gasteiger charge is 2.16. The zero-order valence-corrected chi connectivity index (χ0v) is 13.7. The number of nitrogens with one attached hydrogen (secondary N) is 2. The summed E-state index contributed by atoms with van der Waals surface area (Å²) in [6, 6.07) is 8.68. The van der Waals surface area contributed by atoms with Crippen molar-refractivity contribution in [1.82, 2.24) is 19.7 Å². The number of aryl methyl sites for hydroxylation is 2. The minimum absolute atomic E-state index is 0.0864. The van der Waals surface area contributed by atoms with Crippen molar-refractivity contribution in [3.8, 4) is 5.95 Å². The first-order valence-electron chi connectivity index (χ1n) is 7.71. The number of H-pyrrole nitrogens is 1. The number of benzene rings is 1. The van der Waals surface area contributed by atoms with Crippen LogP contribution in [-0.2, 0) is 6.42 Å². The van der Waals surface area contributed by atoms with Gasteiger partial charge in [-0.25, -0.2) is 4.39 Å². The zero-order valence-electron chi connectivity index (χ0n) is 13.7. The molecular formula is C17H16FN5O2. The third-order valence-electron chi connectivity index (χ3n) is 3.56. The summed E-state index contributed by atoms with van der Waals surface area (Å²) in [7, 11) is 0. The fourth-order valence-corrected chi connectivity index (χ4v) is 2.36. The first-order valence-corrected chi connectivity index (χ1v) is 7.71. The Labute approximate surface area is 142 Å². The van der Waals surface area contributed by atoms with Crippen LogP contribution in [0.15, 0.2) is 41.2 Å². The SMILES string of the molecule is CCc1cc(=O)nc(-n2nc(C)cc2NC(=O)c2ccccc2F)[nH]1. The Morgan fingerprint density at radius 3 is 2.80 bits per heavy atom. The minimum atomic E-state index is -0.623. The van der Waals surface area contributed by atoms with Gasteiger partial charge in [0, 0.05) is 17.8 Å². The van der Waals surface area contributed by atoms with Crippen LogP contribution in [0.2, 0.25) is 0 Å². The quantitative estimate of drug-likeness (QED) is 0.761. The van der Waals surface area contributed by atoms with Crippen LogP contribution in [0.5, 0.6) is 0 Å². The van der Waals surface area contributed by atoms with Crippen LogP contribution in [0.3, 0.4) is 0 Å². The number of aromatic amines is 1. The van der Waals surface area contributed by atoms with Gasteiger partial charge in [0.2, 0.25) is 5.95 Å². The molecule has 0 saturated carbocycles. The van der Waals surface area contributed by atoms with Crippen molar-refractivity contribution in [2.45, 2.75) is 20.3 Å². The fraction of sp³-hybridized carbons (Fsp3) is 0.176. The molecule has 3 aromatic rings. The van der Waals surface area contributed by atoms with Crippen molar-refractivity contribution < 1.29 is 9.18 Å². The van der Waals surface area contributed by atoms with E-state index >= 15 is 0 Å². The Kier molecular flexibility index (Phi) is 4.42. The standard InChI is InChI=1S/C17H16FN5O2/c1-3-11-9-15(24)21-17(19-11)23-14(8-10(2)22-23)20-16(25)12-6-4-5-7-13(12)18/h4-9H,3H2,1-2H3,(H,20,25)(H,19,21,24). The summed E-state index contributed by atoms with van der Waals surface area (Å²) in [4.78, 5) is 31.0. The van der Waals surface area contributed by atoms with Crippen molar-refractivity contribution in [3.63, 3.8) is 0 Å². The second kappa shape index (κ2) is 6.68. The van der Waals surface area contributed by atoms with Crippen LogP contribution in [0.1, 0.15) is 28.7 Å². The number of carbonyl (C=O) groups is 1. The van der Waals surface area contributed by atoms with E-state index in [-0.39, 0.29) is 17.3 Å². The number of carbonyl (C=O) groups excluding carboxylic acids is 1. The van der Waals surface area contributed by atoms with Gasteiger partial charge in [0.15, 0.2) is 0 Å². The number of rotatable bonds is 4. The second-order valence-electron chi connectivity index (χ2n) is 5.44. The number of anilines is 1. The molecule has 0 radical (unpaired) electrons. The molecule has 0 aliphatic rings. The van der Waals surface area contributed by atoms with Crippen LogP contribution in [-0.4, -0.2) is 25.7 Å². The summed E-state index contributed by atoms with van der Waals surface area (Å²) in [5, 5.41) is 6.85. The monoisotopic (exact) mass is 341 g/mol. The van der Waals surface area contributed by atoms with Gasteiger partial charge in [-0.1, -0.05) is 19.1 Å². The third-order valence-corrected chi connectivity index (χ3v) is 3.56. The summed E-state index contributed by atoms with van der Waals surface area (Å²) in [5.41, 5.74) is 0.796. The molecule has 2 heterocycles. The molecule has 0 aliphatic heterocycles. The molecule has 7 nitrogen and oxygen atoms in total. The zero-order chi connectivity index (χ0) is 18.0. The van der Waals surface area contributed by atoms with E-state index in [1.807, 2.05) is 6.92 Å². The summed E-state index contributed by atoms with van der Waals surface area (Å²) in [5.74, 6) is -0.779. The van der Waals surface area contributed by atoms with Crippen LogP contribution in [0.4, 0.5) is 10.2 Å². The number of halogens is 1. The van der Waals surface area contributed by atoms with Gasteiger partial charge < -0.3 is 10.3 Å². The van der Waals surface area contributed by atoms with Crippen molar-refractivity contribution in [2.24, 2.45) is 0 Å². The van der Waals surface area contributed by atoms with E-state index in [9.17, 15) is 14.0 Å². The maximum atomic E-state index is 13.8. The number of hydrogen-bond acceptors (Lipinski definition) is 4. The average Bonchev–Trinajstić information content (AvgIpc) is 2.95. The molecule has 1 aromatic carbocycles. The lowest BCUT2D eigenvalue weighted by Crippen LogP contribution is -2.19. The van der Waals surface area contributed by atoms with Gasteiger partial charge in [-0.2, -0.15) is 14.8 Å². The highest BCUT2D eigenvalue weighted by molar-refractivity contribution is 6.04. The Hall–Kier alpha value is -3.29. The molecule has 0 atom stereocenters. The molecule has 2 aromatic heterocycles. The van der Waals surface area contributed by atoms with Crippen molar-refractivity contribution in [3.05, 3.63) is 69.5 Å². The predicted octanol–water partition coefficient (Wildman–Crippen LogP) is 2.22. The molecular weight excluding hydrogens is 325 g/mol. The largest absolute Gasteiger partial charge is 0.328 e. The summed E-state index contributed by atoms with van der Waals surface area (Å²) < 4.78 is 15.1. The second-order valence-corrected chi connectivity index (χ2v) is 5.44. The highest BCUT2D eigenvalue weighted by atomic mass is 19.1.